The first-order chi connectivity index (χ1) is 8.06. The molecule has 17 heavy (non-hydrogen) atoms. The van der Waals surface area contributed by atoms with E-state index in [1.54, 1.807) is 11.8 Å². The highest BCUT2D eigenvalue weighted by Crippen LogP contribution is 2.30. The van der Waals surface area contributed by atoms with Gasteiger partial charge < -0.3 is 0 Å². The summed E-state index contributed by atoms with van der Waals surface area (Å²) in [6.07, 6.45) is 0. The van der Waals surface area contributed by atoms with Gasteiger partial charge in [-0.25, -0.2) is 4.98 Å². The van der Waals surface area contributed by atoms with Gasteiger partial charge in [0.2, 0.25) is 0 Å². The second kappa shape index (κ2) is 5.23. The zero-order valence-electron chi connectivity index (χ0n) is 10.1. The van der Waals surface area contributed by atoms with E-state index in [1.165, 1.54) is 16.0 Å². The fourth-order valence-electron chi connectivity index (χ4n) is 1.51. The molecule has 2 aromatic rings. The van der Waals surface area contributed by atoms with Gasteiger partial charge in [0, 0.05) is 9.37 Å². The maximum Gasteiger partial charge on any atom is 0.101 e. The van der Waals surface area contributed by atoms with Crippen molar-refractivity contribution >= 4 is 27.7 Å². The van der Waals surface area contributed by atoms with E-state index >= 15 is 0 Å². The first-order valence-electron chi connectivity index (χ1n) is 5.44. The quantitative estimate of drug-likeness (QED) is 0.781. The highest BCUT2D eigenvalue weighted by molar-refractivity contribution is 9.10. The van der Waals surface area contributed by atoms with Crippen LogP contribution in [0, 0.1) is 20.8 Å². The summed E-state index contributed by atoms with van der Waals surface area (Å²) >= 11 is 5.19. The molecule has 0 N–H and O–H groups in total. The van der Waals surface area contributed by atoms with Gasteiger partial charge in [-0.05, 0) is 66.0 Å². The maximum absolute atomic E-state index is 4.55. The first kappa shape index (κ1) is 12.7. The predicted octanol–water partition coefficient (Wildman–Crippen LogP) is 4.92. The molecular formula is C14H14BrNS. The Balaban J connectivity index is 2.31. The minimum Gasteiger partial charge on any atom is -0.245 e. The Morgan fingerprint density at radius 2 is 1.82 bits per heavy atom. The molecule has 0 aliphatic carbocycles. The van der Waals surface area contributed by atoms with E-state index in [1.807, 2.05) is 13.0 Å². The van der Waals surface area contributed by atoms with Crippen LogP contribution < -0.4 is 0 Å². The number of rotatable bonds is 2. The van der Waals surface area contributed by atoms with Crippen LogP contribution in [0.15, 0.2) is 44.7 Å². The molecule has 0 atom stereocenters. The van der Waals surface area contributed by atoms with Gasteiger partial charge in [-0.1, -0.05) is 23.9 Å². The van der Waals surface area contributed by atoms with Crippen LogP contribution in [0.2, 0.25) is 0 Å². The van der Waals surface area contributed by atoms with Crippen LogP contribution in [0.3, 0.4) is 0 Å². The van der Waals surface area contributed by atoms with Crippen LogP contribution in [0.5, 0.6) is 0 Å². The monoisotopic (exact) mass is 307 g/mol. The largest absolute Gasteiger partial charge is 0.245 e. The predicted molar refractivity (Wildman–Crippen MR) is 76.7 cm³/mol. The summed E-state index contributed by atoms with van der Waals surface area (Å²) in [7, 11) is 0. The van der Waals surface area contributed by atoms with E-state index in [9.17, 15) is 0 Å². The number of aromatic nitrogens is 1. The lowest BCUT2D eigenvalue weighted by Crippen LogP contribution is -1.87. The van der Waals surface area contributed by atoms with E-state index < -0.39 is 0 Å². The van der Waals surface area contributed by atoms with Crippen molar-refractivity contribution in [3.05, 3.63) is 51.6 Å². The van der Waals surface area contributed by atoms with Crippen LogP contribution in [-0.4, -0.2) is 4.98 Å². The van der Waals surface area contributed by atoms with Gasteiger partial charge in [-0.3, -0.25) is 0 Å². The van der Waals surface area contributed by atoms with Gasteiger partial charge in [0.15, 0.2) is 0 Å². The molecule has 1 nitrogen and oxygen atoms in total. The van der Waals surface area contributed by atoms with E-state index in [4.69, 9.17) is 0 Å². The summed E-state index contributed by atoms with van der Waals surface area (Å²) < 4.78 is 1.06. The van der Waals surface area contributed by atoms with Crippen molar-refractivity contribution in [3.63, 3.8) is 0 Å². The van der Waals surface area contributed by atoms with Crippen molar-refractivity contribution in [1.29, 1.82) is 0 Å². The van der Waals surface area contributed by atoms with Crippen molar-refractivity contribution in [3.8, 4) is 0 Å². The topological polar surface area (TPSA) is 12.9 Å². The van der Waals surface area contributed by atoms with Crippen molar-refractivity contribution in [2.24, 2.45) is 0 Å². The zero-order chi connectivity index (χ0) is 12.4. The van der Waals surface area contributed by atoms with Gasteiger partial charge in [-0.2, -0.15) is 0 Å². The fourth-order valence-corrected chi connectivity index (χ4v) is 2.75. The number of hydrogen-bond acceptors (Lipinski definition) is 2. The second-order valence-electron chi connectivity index (χ2n) is 4.09. The van der Waals surface area contributed by atoms with E-state index in [0.29, 0.717) is 0 Å². The van der Waals surface area contributed by atoms with Crippen LogP contribution in [0.25, 0.3) is 0 Å². The van der Waals surface area contributed by atoms with Gasteiger partial charge in [-0.15, -0.1) is 0 Å². The summed E-state index contributed by atoms with van der Waals surface area (Å²) in [6, 6.07) is 10.6. The van der Waals surface area contributed by atoms with Gasteiger partial charge in [0.25, 0.3) is 0 Å². The third kappa shape index (κ3) is 3.11. The Bertz CT molecular complexity index is 552. The number of hydrogen-bond donors (Lipinski definition) is 0. The summed E-state index contributed by atoms with van der Waals surface area (Å²) in [5.41, 5.74) is 3.61. The molecule has 0 fully saturated rings. The van der Waals surface area contributed by atoms with Crippen LogP contribution in [0.1, 0.15) is 16.8 Å². The molecule has 1 aromatic carbocycles. The lowest BCUT2D eigenvalue weighted by molar-refractivity contribution is 1.05. The highest BCUT2D eigenvalue weighted by Gasteiger charge is 2.04. The van der Waals surface area contributed by atoms with Gasteiger partial charge in [0.1, 0.15) is 5.03 Å². The number of halogens is 1. The molecule has 1 heterocycles. The molecule has 0 unspecified atom stereocenters. The SMILES string of the molecule is Cc1ccc(C)c(Sc2ccc(Br)c(C)n2)c1. The Labute approximate surface area is 115 Å². The standard InChI is InChI=1S/C14H14BrNS/c1-9-4-5-10(2)13(8-9)17-14-7-6-12(15)11(3)16-14/h4-8H,1-3H3. The molecule has 0 saturated carbocycles. The van der Waals surface area contributed by atoms with Crippen molar-refractivity contribution in [2.45, 2.75) is 30.7 Å². The molecule has 0 amide bonds. The second-order valence-corrected chi connectivity index (χ2v) is 6.00. The van der Waals surface area contributed by atoms with Gasteiger partial charge >= 0.3 is 0 Å². The Hall–Kier alpha value is -0.800. The summed E-state index contributed by atoms with van der Waals surface area (Å²) in [5, 5.41) is 1.04. The van der Waals surface area contributed by atoms with Crippen LogP contribution >= 0.6 is 27.7 Å². The molecule has 0 spiro atoms. The molecule has 2 rings (SSSR count). The molecule has 3 heteroatoms. The minimum absolute atomic E-state index is 1.03. The van der Waals surface area contributed by atoms with Crippen LogP contribution in [-0.2, 0) is 0 Å². The average molecular weight is 308 g/mol. The molecule has 1 aromatic heterocycles. The molecular weight excluding hydrogens is 294 g/mol. The summed E-state index contributed by atoms with van der Waals surface area (Å²) in [6.45, 7) is 6.26. The van der Waals surface area contributed by atoms with Crippen molar-refractivity contribution in [1.82, 2.24) is 4.98 Å². The Kier molecular flexibility index (Phi) is 3.89. The average Bonchev–Trinajstić information content (AvgIpc) is 2.29. The fraction of sp³-hybridized carbons (Fsp3) is 0.214. The number of aryl methyl sites for hydroxylation is 3. The number of nitrogens with zero attached hydrogens (tertiary/aromatic N) is 1. The van der Waals surface area contributed by atoms with E-state index in [-0.39, 0.29) is 0 Å². The zero-order valence-corrected chi connectivity index (χ0v) is 12.5. The molecule has 0 aliphatic rings. The minimum atomic E-state index is 1.03. The number of pyridine rings is 1. The summed E-state index contributed by atoms with van der Waals surface area (Å²) in [4.78, 5) is 5.83. The van der Waals surface area contributed by atoms with E-state index in [0.717, 1.165) is 15.2 Å². The lowest BCUT2D eigenvalue weighted by atomic mass is 10.2. The molecule has 0 saturated heterocycles. The third-order valence-corrected chi connectivity index (χ3v) is 4.49. The first-order valence-corrected chi connectivity index (χ1v) is 7.05. The Morgan fingerprint density at radius 3 is 2.53 bits per heavy atom. The molecule has 0 aliphatic heterocycles. The van der Waals surface area contributed by atoms with Crippen LogP contribution in [0.4, 0.5) is 0 Å². The summed E-state index contributed by atoms with van der Waals surface area (Å²) in [5.74, 6) is 0. The normalized spacial score (nSPS) is 10.6. The lowest BCUT2D eigenvalue weighted by Gasteiger charge is -2.07. The van der Waals surface area contributed by atoms with Gasteiger partial charge in [0.05, 0.1) is 5.69 Å². The highest BCUT2D eigenvalue weighted by atomic mass is 79.9. The third-order valence-electron chi connectivity index (χ3n) is 2.55. The molecule has 0 radical (unpaired) electrons. The maximum atomic E-state index is 4.55. The number of benzene rings is 1. The van der Waals surface area contributed by atoms with Crippen molar-refractivity contribution in [2.75, 3.05) is 0 Å². The smallest absolute Gasteiger partial charge is 0.101 e. The Morgan fingerprint density at radius 1 is 1.06 bits per heavy atom. The molecule has 0 bridgehead atoms. The van der Waals surface area contributed by atoms with Crippen molar-refractivity contribution < 1.29 is 0 Å². The van der Waals surface area contributed by atoms with E-state index in [2.05, 4.69) is 59.0 Å². The molecule has 88 valence electrons.